The average molecular weight is 443 g/mol. The highest BCUT2D eigenvalue weighted by Gasteiger charge is 2.39. The van der Waals surface area contributed by atoms with E-state index in [2.05, 4.69) is 31.1 Å². The molecular formula is C21H23BrN4O2. The van der Waals surface area contributed by atoms with Crippen LogP contribution in [0.2, 0.25) is 0 Å². The lowest BCUT2D eigenvalue weighted by atomic mass is 10.0. The Hall–Kier alpha value is -2.28. The molecule has 4 rings (SSSR count). The van der Waals surface area contributed by atoms with Crippen molar-refractivity contribution in [3.63, 3.8) is 0 Å². The van der Waals surface area contributed by atoms with Crippen molar-refractivity contribution in [1.29, 1.82) is 0 Å². The molecule has 1 unspecified atom stereocenters. The SMILES string of the molecule is CC[C@@H]1C(=O)Nc2cnc(C(Br)C(=O)c3ccccc3)nc2N1C1CCCC1. The van der Waals surface area contributed by atoms with Gasteiger partial charge in [0.25, 0.3) is 0 Å². The Morgan fingerprint density at radius 3 is 2.68 bits per heavy atom. The molecule has 1 N–H and O–H groups in total. The number of ketones is 1. The van der Waals surface area contributed by atoms with E-state index in [-0.39, 0.29) is 17.7 Å². The van der Waals surface area contributed by atoms with Crippen LogP contribution < -0.4 is 10.2 Å². The number of hydrogen-bond donors (Lipinski definition) is 1. The lowest BCUT2D eigenvalue weighted by Gasteiger charge is -2.40. The van der Waals surface area contributed by atoms with Crippen LogP contribution in [0.4, 0.5) is 11.5 Å². The van der Waals surface area contributed by atoms with E-state index in [4.69, 9.17) is 4.98 Å². The van der Waals surface area contributed by atoms with Crippen molar-refractivity contribution in [3.8, 4) is 0 Å². The lowest BCUT2D eigenvalue weighted by Crippen LogP contribution is -2.52. The van der Waals surface area contributed by atoms with Gasteiger partial charge in [-0.15, -0.1) is 0 Å². The number of anilines is 2. The predicted octanol–water partition coefficient (Wildman–Crippen LogP) is 4.28. The number of halogens is 1. The second-order valence-corrected chi connectivity index (χ2v) is 8.23. The molecule has 1 aliphatic carbocycles. The molecule has 1 saturated carbocycles. The highest BCUT2D eigenvalue weighted by Crippen LogP contribution is 2.38. The van der Waals surface area contributed by atoms with Gasteiger partial charge in [0.1, 0.15) is 16.6 Å². The Kier molecular flexibility index (Phi) is 5.44. The summed E-state index contributed by atoms with van der Waals surface area (Å²) in [6.07, 6.45) is 6.78. The molecule has 2 atom stereocenters. The molecule has 1 amide bonds. The van der Waals surface area contributed by atoms with Gasteiger partial charge < -0.3 is 10.2 Å². The summed E-state index contributed by atoms with van der Waals surface area (Å²) in [6.45, 7) is 2.02. The highest BCUT2D eigenvalue weighted by molar-refractivity contribution is 9.09. The van der Waals surface area contributed by atoms with Gasteiger partial charge in [-0.1, -0.05) is 66.0 Å². The zero-order valence-electron chi connectivity index (χ0n) is 15.8. The summed E-state index contributed by atoms with van der Waals surface area (Å²) in [7, 11) is 0. The molecule has 2 aromatic rings. The van der Waals surface area contributed by atoms with Gasteiger partial charge in [0, 0.05) is 11.6 Å². The van der Waals surface area contributed by atoms with Crippen LogP contribution >= 0.6 is 15.9 Å². The summed E-state index contributed by atoms with van der Waals surface area (Å²) < 4.78 is 0. The van der Waals surface area contributed by atoms with E-state index < -0.39 is 4.83 Å². The Balaban J connectivity index is 1.70. The molecule has 2 heterocycles. The Morgan fingerprint density at radius 1 is 1.29 bits per heavy atom. The monoisotopic (exact) mass is 442 g/mol. The normalized spacial score (nSPS) is 20.6. The molecule has 0 spiro atoms. The van der Waals surface area contributed by atoms with Crippen LogP contribution in [0.5, 0.6) is 0 Å². The molecule has 6 nitrogen and oxygen atoms in total. The van der Waals surface area contributed by atoms with Crippen molar-refractivity contribution < 1.29 is 9.59 Å². The van der Waals surface area contributed by atoms with Crippen molar-refractivity contribution >= 4 is 39.1 Å². The molecule has 7 heteroatoms. The number of carbonyl (C=O) groups excluding carboxylic acids is 2. The second-order valence-electron chi connectivity index (χ2n) is 7.32. The van der Waals surface area contributed by atoms with Gasteiger partial charge in [-0.2, -0.15) is 0 Å². The third-order valence-electron chi connectivity index (χ3n) is 5.55. The third kappa shape index (κ3) is 3.43. The average Bonchev–Trinajstić information content (AvgIpc) is 3.26. The Labute approximate surface area is 172 Å². The summed E-state index contributed by atoms with van der Waals surface area (Å²) in [6, 6.07) is 9.18. The quantitative estimate of drug-likeness (QED) is 0.552. The van der Waals surface area contributed by atoms with Gasteiger partial charge in [-0.25, -0.2) is 9.97 Å². The van der Waals surface area contributed by atoms with E-state index >= 15 is 0 Å². The molecule has 0 bridgehead atoms. The molecule has 1 aromatic heterocycles. The third-order valence-corrected chi connectivity index (χ3v) is 6.37. The van der Waals surface area contributed by atoms with Crippen LogP contribution in [-0.2, 0) is 4.79 Å². The van der Waals surface area contributed by atoms with Crippen LogP contribution in [0.1, 0.15) is 60.0 Å². The lowest BCUT2D eigenvalue weighted by molar-refractivity contribution is -0.117. The van der Waals surface area contributed by atoms with Crippen molar-refractivity contribution in [1.82, 2.24) is 9.97 Å². The largest absolute Gasteiger partial charge is 0.340 e. The summed E-state index contributed by atoms with van der Waals surface area (Å²) >= 11 is 3.48. The van der Waals surface area contributed by atoms with E-state index in [1.165, 1.54) is 12.8 Å². The number of carbonyl (C=O) groups is 2. The maximum Gasteiger partial charge on any atom is 0.247 e. The van der Waals surface area contributed by atoms with Crippen LogP contribution in [-0.4, -0.2) is 33.7 Å². The molecule has 0 radical (unpaired) electrons. The highest BCUT2D eigenvalue weighted by atomic mass is 79.9. The maximum atomic E-state index is 12.8. The number of nitrogens with one attached hydrogen (secondary N) is 1. The zero-order valence-corrected chi connectivity index (χ0v) is 17.4. The summed E-state index contributed by atoms with van der Waals surface area (Å²) in [5.41, 5.74) is 1.23. The number of amides is 1. The fraction of sp³-hybridized carbons (Fsp3) is 0.429. The van der Waals surface area contributed by atoms with Gasteiger partial charge >= 0.3 is 0 Å². The number of Topliss-reactive ketones (excluding diaryl/α,β-unsaturated/α-hetero) is 1. The fourth-order valence-corrected chi connectivity index (χ4v) is 4.63. The Bertz CT molecular complexity index is 883. The number of alkyl halides is 1. The van der Waals surface area contributed by atoms with Crippen LogP contribution in [0, 0.1) is 0 Å². The standard InChI is InChI=1S/C21H23BrN4O2/c1-2-16-21(28)24-15-12-23-19(17(22)18(27)13-8-4-3-5-9-13)25-20(15)26(16)14-10-6-7-11-14/h3-5,8-9,12,14,16-17H,2,6-7,10-11H2,1H3,(H,24,28)/t16-,17?/m1/s1. The molecule has 1 aliphatic heterocycles. The molecule has 0 saturated heterocycles. The van der Waals surface area contributed by atoms with E-state index in [9.17, 15) is 9.59 Å². The van der Waals surface area contributed by atoms with Crippen LogP contribution in [0.25, 0.3) is 0 Å². The predicted molar refractivity (Wildman–Crippen MR) is 112 cm³/mol. The minimum Gasteiger partial charge on any atom is -0.340 e. The first-order valence-electron chi connectivity index (χ1n) is 9.79. The van der Waals surface area contributed by atoms with E-state index in [1.54, 1.807) is 18.3 Å². The minimum atomic E-state index is -0.636. The van der Waals surface area contributed by atoms with Gasteiger partial charge in [-0.3, -0.25) is 9.59 Å². The number of benzene rings is 1. The molecule has 146 valence electrons. The van der Waals surface area contributed by atoms with Crippen LogP contribution in [0.3, 0.4) is 0 Å². The van der Waals surface area contributed by atoms with E-state index in [0.717, 1.165) is 18.7 Å². The van der Waals surface area contributed by atoms with Crippen molar-refractivity contribution in [2.75, 3.05) is 10.2 Å². The molecular weight excluding hydrogens is 420 g/mol. The first-order valence-corrected chi connectivity index (χ1v) is 10.7. The summed E-state index contributed by atoms with van der Waals surface area (Å²) in [5, 5.41) is 2.94. The van der Waals surface area contributed by atoms with Gasteiger partial charge in [0.15, 0.2) is 17.4 Å². The zero-order chi connectivity index (χ0) is 19.7. The van der Waals surface area contributed by atoms with Gasteiger partial charge in [-0.05, 0) is 19.3 Å². The van der Waals surface area contributed by atoms with Crippen molar-refractivity contribution in [2.24, 2.45) is 0 Å². The minimum absolute atomic E-state index is 0.00555. The smallest absolute Gasteiger partial charge is 0.247 e. The van der Waals surface area contributed by atoms with Crippen LogP contribution in [0.15, 0.2) is 36.5 Å². The van der Waals surface area contributed by atoms with Crippen molar-refractivity contribution in [3.05, 3.63) is 47.9 Å². The molecule has 28 heavy (non-hydrogen) atoms. The molecule has 2 aliphatic rings. The van der Waals surface area contributed by atoms with Gasteiger partial charge in [0.2, 0.25) is 5.91 Å². The topological polar surface area (TPSA) is 75.2 Å². The number of fused-ring (bicyclic) bond motifs is 1. The van der Waals surface area contributed by atoms with Gasteiger partial charge in [0.05, 0.1) is 6.20 Å². The first kappa shape index (κ1) is 19.1. The summed E-state index contributed by atoms with van der Waals surface area (Å²) in [5.74, 6) is 1.06. The number of aromatic nitrogens is 2. The van der Waals surface area contributed by atoms with E-state index in [0.29, 0.717) is 29.5 Å². The Morgan fingerprint density at radius 2 is 2.00 bits per heavy atom. The first-order chi connectivity index (χ1) is 13.6. The second kappa shape index (κ2) is 7.99. The van der Waals surface area contributed by atoms with E-state index in [1.807, 2.05) is 25.1 Å². The fourth-order valence-electron chi connectivity index (χ4n) is 4.14. The molecule has 1 fully saturated rings. The summed E-state index contributed by atoms with van der Waals surface area (Å²) in [4.78, 5) is 36.1. The number of hydrogen-bond acceptors (Lipinski definition) is 5. The maximum absolute atomic E-state index is 12.8. The number of nitrogens with zero attached hydrogens (tertiary/aromatic N) is 3. The number of rotatable bonds is 5. The molecule has 1 aromatic carbocycles. The van der Waals surface area contributed by atoms with Crippen molar-refractivity contribution in [2.45, 2.75) is 55.9 Å².